The van der Waals surface area contributed by atoms with Gasteiger partial charge in [-0.15, -0.1) is 0 Å². The molecule has 3 heterocycles. The largest absolute Gasteiger partial charge is 0.364 e. The number of piperazine rings is 1. The summed E-state index contributed by atoms with van der Waals surface area (Å²) in [4.78, 5) is 34.0. The second-order valence-electron chi connectivity index (χ2n) is 7.97. The molecule has 1 aromatic carbocycles. The number of aryl methyl sites for hydroxylation is 1. The van der Waals surface area contributed by atoms with E-state index in [4.69, 9.17) is 5.84 Å². The van der Waals surface area contributed by atoms with E-state index in [0.29, 0.717) is 42.7 Å². The Kier molecular flexibility index (Phi) is 6.53. The third-order valence-corrected chi connectivity index (χ3v) is 5.90. The van der Waals surface area contributed by atoms with E-state index in [2.05, 4.69) is 9.97 Å². The Morgan fingerprint density at radius 1 is 1.09 bits per heavy atom. The minimum atomic E-state index is -1.80. The number of hydrazine groups is 1. The highest BCUT2D eigenvalue weighted by Crippen LogP contribution is 2.31. The molecule has 4 rings (SSSR count). The number of anilines is 1. The molecule has 0 unspecified atom stereocenters. The van der Waals surface area contributed by atoms with Crippen molar-refractivity contribution in [2.24, 2.45) is 5.84 Å². The molecule has 0 radical (unpaired) electrons. The zero-order valence-corrected chi connectivity index (χ0v) is 18.2. The van der Waals surface area contributed by atoms with Gasteiger partial charge in [0.25, 0.3) is 11.5 Å². The highest BCUT2D eigenvalue weighted by molar-refractivity contribution is 5.95. The molecule has 1 aliphatic heterocycles. The Bertz CT molecular complexity index is 1290. The highest BCUT2D eigenvalue weighted by Gasteiger charge is 2.32. The van der Waals surface area contributed by atoms with Crippen molar-refractivity contribution in [3.8, 4) is 0 Å². The zero-order valence-electron chi connectivity index (χ0n) is 18.2. The van der Waals surface area contributed by atoms with Crippen LogP contribution in [0.4, 0.5) is 23.2 Å². The fraction of sp³-hybridized carbons (Fsp3) is 0.318. The molecule has 34 heavy (non-hydrogen) atoms. The molecule has 4 N–H and O–H groups in total. The van der Waals surface area contributed by atoms with E-state index in [0.717, 1.165) is 5.56 Å². The van der Waals surface area contributed by atoms with Crippen molar-refractivity contribution < 1.29 is 22.4 Å². The van der Waals surface area contributed by atoms with E-state index >= 15 is 0 Å². The number of fused-ring (bicyclic) bond motifs is 1. The number of aromatic nitrogens is 2. The minimum Gasteiger partial charge on any atom is -0.364 e. The number of nitrogens with one attached hydrogen (secondary N) is 2. The fourth-order valence-corrected chi connectivity index (χ4v) is 4.07. The predicted molar refractivity (Wildman–Crippen MR) is 117 cm³/mol. The number of nitrogens with zero attached hydrogens (tertiary/aromatic N) is 3. The van der Waals surface area contributed by atoms with Crippen LogP contribution in [0.2, 0.25) is 0 Å². The van der Waals surface area contributed by atoms with Gasteiger partial charge in [-0.25, -0.2) is 23.4 Å². The second kappa shape index (κ2) is 9.39. The number of nitrogen functional groups attached to an aromatic ring is 1. The summed E-state index contributed by atoms with van der Waals surface area (Å²) in [6.45, 7) is 3.21. The summed E-state index contributed by atoms with van der Waals surface area (Å²) in [6.07, 6.45) is 2.29. The normalized spacial score (nSPS) is 14.6. The van der Waals surface area contributed by atoms with Crippen molar-refractivity contribution in [3.63, 3.8) is 0 Å². The Balaban J connectivity index is 1.50. The minimum absolute atomic E-state index is 0.0901. The highest BCUT2D eigenvalue weighted by atomic mass is 19.2. The van der Waals surface area contributed by atoms with Crippen LogP contribution in [0.3, 0.4) is 0 Å². The molecule has 12 heteroatoms. The maximum absolute atomic E-state index is 14.6. The van der Waals surface area contributed by atoms with E-state index in [1.807, 2.05) is 17.9 Å². The number of carbonyl (C=O) groups excluding carboxylic acids is 1. The average molecular weight is 478 g/mol. The van der Waals surface area contributed by atoms with Crippen LogP contribution in [0.1, 0.15) is 28.4 Å². The van der Waals surface area contributed by atoms with E-state index in [-0.39, 0.29) is 18.6 Å². The molecule has 2 aromatic heterocycles. The van der Waals surface area contributed by atoms with Crippen molar-refractivity contribution >= 4 is 22.6 Å². The first kappa shape index (κ1) is 23.6. The molecule has 0 bridgehead atoms. The molecule has 1 saturated heterocycles. The Hall–Kier alpha value is -3.51. The van der Waals surface area contributed by atoms with Crippen LogP contribution in [-0.4, -0.2) is 47.0 Å². The van der Waals surface area contributed by atoms with Crippen LogP contribution in [0, 0.1) is 23.3 Å². The van der Waals surface area contributed by atoms with E-state index in [1.165, 1.54) is 10.3 Å². The molecule has 0 atom stereocenters. The monoisotopic (exact) mass is 478 g/mol. The van der Waals surface area contributed by atoms with Gasteiger partial charge >= 0.3 is 0 Å². The van der Waals surface area contributed by atoms with E-state index in [1.54, 1.807) is 12.3 Å². The van der Waals surface area contributed by atoms with Crippen molar-refractivity contribution in [2.75, 3.05) is 31.1 Å². The standard InChI is InChI=1S/C22H22F4N6O2/c1-2-12-8-13-14(29-21(12)33)7-11(9-28-13)10-31-3-5-32(6-4-31)20-18(25)16(23)15(22(34)30-27)17(24)19(20)26/h7-9H,2-6,10,27H2,1H3,(H,29,33)(H,30,34). The molecule has 1 aliphatic rings. The fourth-order valence-electron chi connectivity index (χ4n) is 4.07. The lowest BCUT2D eigenvalue weighted by molar-refractivity contribution is 0.0942. The zero-order chi connectivity index (χ0) is 24.6. The van der Waals surface area contributed by atoms with Gasteiger partial charge < -0.3 is 9.88 Å². The third-order valence-electron chi connectivity index (χ3n) is 5.90. The van der Waals surface area contributed by atoms with Gasteiger partial charge in [-0.2, -0.15) is 0 Å². The number of hydrogen-bond donors (Lipinski definition) is 3. The number of halogens is 4. The number of aromatic amines is 1. The van der Waals surface area contributed by atoms with E-state index < -0.39 is 40.4 Å². The Labute approximate surface area is 191 Å². The first-order valence-corrected chi connectivity index (χ1v) is 10.6. The Morgan fingerprint density at radius 3 is 2.32 bits per heavy atom. The molecule has 1 fully saturated rings. The number of H-pyrrole nitrogens is 1. The molecule has 0 spiro atoms. The first-order chi connectivity index (χ1) is 16.2. The number of nitrogens with two attached hydrogens (primary N) is 1. The van der Waals surface area contributed by atoms with Crippen molar-refractivity contribution in [3.05, 3.63) is 68.6 Å². The summed E-state index contributed by atoms with van der Waals surface area (Å²) in [5.41, 5.74) is 1.78. The number of hydrogen-bond acceptors (Lipinski definition) is 6. The van der Waals surface area contributed by atoms with Crippen LogP contribution >= 0.6 is 0 Å². The first-order valence-electron chi connectivity index (χ1n) is 10.6. The van der Waals surface area contributed by atoms with Gasteiger partial charge in [0.1, 0.15) is 11.3 Å². The van der Waals surface area contributed by atoms with Gasteiger partial charge in [0, 0.05) is 44.5 Å². The predicted octanol–water partition coefficient (Wildman–Crippen LogP) is 1.97. The average Bonchev–Trinajstić information content (AvgIpc) is 2.83. The number of rotatable bonds is 5. The molecule has 0 saturated carbocycles. The summed E-state index contributed by atoms with van der Waals surface area (Å²) in [7, 11) is 0. The molecular weight excluding hydrogens is 456 g/mol. The maximum Gasteiger partial charge on any atom is 0.271 e. The smallest absolute Gasteiger partial charge is 0.271 e. The van der Waals surface area contributed by atoms with Crippen molar-refractivity contribution in [1.82, 2.24) is 20.3 Å². The van der Waals surface area contributed by atoms with Gasteiger partial charge in [0.2, 0.25) is 0 Å². The Morgan fingerprint density at radius 2 is 1.74 bits per heavy atom. The van der Waals surface area contributed by atoms with Crippen LogP contribution in [0.5, 0.6) is 0 Å². The summed E-state index contributed by atoms with van der Waals surface area (Å²) in [5.74, 6) is -3.55. The second-order valence-corrected chi connectivity index (χ2v) is 7.97. The number of carbonyl (C=O) groups is 1. The number of pyridine rings is 2. The summed E-state index contributed by atoms with van der Waals surface area (Å²) in [5, 5.41) is 0. The molecule has 3 aromatic rings. The lowest BCUT2D eigenvalue weighted by atomic mass is 10.1. The van der Waals surface area contributed by atoms with Gasteiger partial charge in [-0.3, -0.25) is 24.9 Å². The topological polar surface area (TPSA) is 107 Å². The van der Waals surface area contributed by atoms with Crippen molar-refractivity contribution in [2.45, 2.75) is 19.9 Å². The van der Waals surface area contributed by atoms with Crippen LogP contribution in [-0.2, 0) is 13.0 Å². The summed E-state index contributed by atoms with van der Waals surface area (Å²) >= 11 is 0. The van der Waals surface area contributed by atoms with Gasteiger partial charge in [-0.05, 0) is 24.1 Å². The number of benzene rings is 1. The van der Waals surface area contributed by atoms with Crippen LogP contribution in [0.25, 0.3) is 11.0 Å². The molecule has 180 valence electrons. The third kappa shape index (κ3) is 4.21. The lowest BCUT2D eigenvalue weighted by Crippen LogP contribution is -2.47. The molecule has 8 nitrogen and oxygen atoms in total. The SMILES string of the molecule is CCc1cc2ncc(CN3CCN(c4c(F)c(F)c(C(=O)NN)c(F)c4F)CC3)cc2[nH]c1=O. The summed E-state index contributed by atoms with van der Waals surface area (Å²) in [6, 6.07) is 3.57. The van der Waals surface area contributed by atoms with E-state index in [9.17, 15) is 27.2 Å². The van der Waals surface area contributed by atoms with Gasteiger partial charge in [0.15, 0.2) is 23.3 Å². The summed E-state index contributed by atoms with van der Waals surface area (Å²) < 4.78 is 57.7. The lowest BCUT2D eigenvalue weighted by Gasteiger charge is -2.36. The van der Waals surface area contributed by atoms with Gasteiger partial charge in [0.05, 0.1) is 11.0 Å². The van der Waals surface area contributed by atoms with Gasteiger partial charge in [-0.1, -0.05) is 6.92 Å². The van der Waals surface area contributed by atoms with Crippen molar-refractivity contribution in [1.29, 1.82) is 0 Å². The molecular formula is C22H22F4N6O2. The molecule has 1 amide bonds. The quantitative estimate of drug-likeness (QED) is 0.170. The van der Waals surface area contributed by atoms with Crippen LogP contribution in [0.15, 0.2) is 23.1 Å². The molecule has 0 aliphatic carbocycles. The maximum atomic E-state index is 14.6. The number of amides is 1. The van der Waals surface area contributed by atoms with Crippen LogP contribution < -0.4 is 21.7 Å².